The van der Waals surface area contributed by atoms with Crippen LogP contribution in [0.2, 0.25) is 0 Å². The lowest BCUT2D eigenvalue weighted by Crippen LogP contribution is -2.52. The van der Waals surface area contributed by atoms with E-state index in [4.69, 9.17) is 9.73 Å². The molecule has 5 nitrogen and oxygen atoms in total. The van der Waals surface area contributed by atoms with E-state index in [1.807, 2.05) is 0 Å². The highest BCUT2D eigenvalue weighted by Gasteiger charge is 2.36. The lowest BCUT2D eigenvalue weighted by Gasteiger charge is -2.42. The second-order valence-electron chi connectivity index (χ2n) is 8.01. The average Bonchev–Trinajstić information content (AvgIpc) is 2.70. The topological polar surface area (TPSA) is 40.1 Å². The number of aliphatic imine (C=N–C) groups is 1. The molecule has 3 atom stereocenters. The van der Waals surface area contributed by atoms with E-state index in [0.29, 0.717) is 5.92 Å². The van der Waals surface area contributed by atoms with Crippen molar-refractivity contribution in [2.24, 2.45) is 10.9 Å². The van der Waals surface area contributed by atoms with Gasteiger partial charge in [-0.3, -0.25) is 5.32 Å². The maximum atomic E-state index is 6.29. The van der Waals surface area contributed by atoms with Crippen molar-refractivity contribution >= 4 is 6.02 Å². The molecule has 2 bridgehead atoms. The van der Waals surface area contributed by atoms with Gasteiger partial charge >= 0.3 is 0 Å². The maximum Gasteiger partial charge on any atom is 0.289 e. The van der Waals surface area contributed by atoms with Crippen molar-refractivity contribution in [1.82, 2.24) is 15.1 Å². The molecule has 24 heavy (non-hydrogen) atoms. The van der Waals surface area contributed by atoms with Gasteiger partial charge in [0.15, 0.2) is 0 Å². The van der Waals surface area contributed by atoms with Crippen LogP contribution >= 0.6 is 0 Å². The van der Waals surface area contributed by atoms with Crippen molar-refractivity contribution in [3.8, 4) is 0 Å². The predicted molar refractivity (Wildman–Crippen MR) is 97.0 cm³/mol. The zero-order chi connectivity index (χ0) is 16.5. The molecule has 1 N–H and O–H groups in total. The van der Waals surface area contributed by atoms with E-state index >= 15 is 0 Å². The van der Waals surface area contributed by atoms with Crippen molar-refractivity contribution in [2.45, 2.75) is 64.3 Å². The molecule has 0 radical (unpaired) electrons. The van der Waals surface area contributed by atoms with Gasteiger partial charge in [0.05, 0.1) is 0 Å². The molecule has 0 aromatic heterocycles. The van der Waals surface area contributed by atoms with Crippen LogP contribution in [0, 0.1) is 5.92 Å². The summed E-state index contributed by atoms with van der Waals surface area (Å²) in [6, 6.07) is 1.64. The van der Waals surface area contributed by atoms with Gasteiger partial charge in [-0.05, 0) is 51.8 Å². The Bertz CT molecular complexity index is 503. The van der Waals surface area contributed by atoms with E-state index in [-0.39, 0.29) is 12.3 Å². The lowest BCUT2D eigenvalue weighted by molar-refractivity contribution is 0.0718. The third-order valence-corrected chi connectivity index (χ3v) is 6.19. The minimum absolute atomic E-state index is 0.164. The van der Waals surface area contributed by atoms with Crippen molar-refractivity contribution in [2.75, 3.05) is 32.7 Å². The van der Waals surface area contributed by atoms with Crippen LogP contribution in [-0.2, 0) is 4.74 Å². The third kappa shape index (κ3) is 3.33. The molecule has 4 aliphatic rings. The van der Waals surface area contributed by atoms with Crippen LogP contribution in [0.15, 0.2) is 16.6 Å². The van der Waals surface area contributed by atoms with Crippen LogP contribution in [0.1, 0.15) is 46.0 Å². The fourth-order valence-corrected chi connectivity index (χ4v) is 4.56. The average molecular weight is 332 g/mol. The second kappa shape index (κ2) is 7.04. The van der Waals surface area contributed by atoms with E-state index in [0.717, 1.165) is 31.7 Å². The molecular formula is C19H32N4O. The Hall–Kier alpha value is -1.07. The predicted octanol–water partition coefficient (Wildman–Crippen LogP) is 2.20. The first kappa shape index (κ1) is 16.4. The maximum absolute atomic E-state index is 6.29. The Morgan fingerprint density at radius 2 is 1.88 bits per heavy atom. The normalized spacial score (nSPS) is 35.8. The van der Waals surface area contributed by atoms with E-state index < -0.39 is 0 Å². The van der Waals surface area contributed by atoms with Crippen molar-refractivity contribution in [1.29, 1.82) is 0 Å². The summed E-state index contributed by atoms with van der Waals surface area (Å²) in [6.45, 7) is 10.1. The largest absolute Gasteiger partial charge is 0.457 e. The van der Waals surface area contributed by atoms with E-state index in [9.17, 15) is 0 Å². The highest BCUT2D eigenvalue weighted by molar-refractivity contribution is 5.75. The lowest BCUT2D eigenvalue weighted by atomic mass is 9.99. The number of nitrogens with zero attached hydrogens (tertiary/aromatic N) is 3. The van der Waals surface area contributed by atoms with Gasteiger partial charge in [0.1, 0.15) is 12.3 Å². The van der Waals surface area contributed by atoms with Gasteiger partial charge in [-0.25, -0.2) is 4.99 Å². The van der Waals surface area contributed by atoms with Gasteiger partial charge in [0.25, 0.3) is 6.02 Å². The molecule has 4 rings (SSSR count). The molecule has 0 aromatic carbocycles. The fraction of sp³-hybridized carbons (Fsp3) is 0.842. The summed E-state index contributed by atoms with van der Waals surface area (Å²) in [7, 11) is 0. The second-order valence-corrected chi connectivity index (χ2v) is 8.01. The smallest absolute Gasteiger partial charge is 0.289 e. The van der Waals surface area contributed by atoms with Gasteiger partial charge in [0.2, 0.25) is 0 Å². The molecule has 4 aliphatic heterocycles. The van der Waals surface area contributed by atoms with Gasteiger partial charge in [-0.1, -0.05) is 18.9 Å². The van der Waals surface area contributed by atoms with Gasteiger partial charge in [-0.2, -0.15) is 0 Å². The van der Waals surface area contributed by atoms with E-state index in [1.54, 1.807) is 0 Å². The molecule has 4 heterocycles. The fourth-order valence-electron chi connectivity index (χ4n) is 4.56. The molecule has 0 spiro atoms. The molecule has 0 aliphatic carbocycles. The summed E-state index contributed by atoms with van der Waals surface area (Å²) in [4.78, 5) is 10.0. The molecule has 5 heteroatoms. The SMILES string of the molecule is CC1=CC2OC(N3CCC(N4CCCCC4)CC3)=NC(NC1)C2C. The molecule has 2 fully saturated rings. The number of nitrogens with one attached hydrogen (secondary N) is 1. The highest BCUT2D eigenvalue weighted by atomic mass is 16.5. The van der Waals surface area contributed by atoms with Crippen molar-refractivity contribution in [3.05, 3.63) is 11.6 Å². The third-order valence-electron chi connectivity index (χ3n) is 6.19. The first-order valence-electron chi connectivity index (χ1n) is 9.85. The number of rotatable bonds is 1. The summed E-state index contributed by atoms with van der Waals surface area (Å²) in [5.74, 6) is 0.400. The Kier molecular flexibility index (Phi) is 4.81. The standard InChI is InChI=1S/C19H32N4O/c1-14-12-17-15(2)18(20-13-14)21-19(24-17)23-10-6-16(7-11-23)22-8-4-3-5-9-22/h12,15-18,20H,3-11,13H2,1-2H3. The van der Waals surface area contributed by atoms with Crippen LogP contribution in [-0.4, -0.2) is 66.9 Å². The van der Waals surface area contributed by atoms with Gasteiger partial charge in [0, 0.05) is 31.6 Å². The van der Waals surface area contributed by atoms with E-state index in [2.05, 4.69) is 35.0 Å². The minimum atomic E-state index is 0.164. The molecule has 0 aromatic rings. The molecular weight excluding hydrogens is 300 g/mol. The van der Waals surface area contributed by atoms with Gasteiger partial charge in [-0.15, -0.1) is 0 Å². The summed E-state index contributed by atoms with van der Waals surface area (Å²) in [5, 5.41) is 3.57. The summed E-state index contributed by atoms with van der Waals surface area (Å²) >= 11 is 0. The van der Waals surface area contributed by atoms with Crippen LogP contribution in [0.3, 0.4) is 0 Å². The minimum Gasteiger partial charge on any atom is -0.457 e. The number of piperidine rings is 2. The monoisotopic (exact) mass is 332 g/mol. The van der Waals surface area contributed by atoms with E-state index in [1.165, 1.54) is 50.8 Å². The van der Waals surface area contributed by atoms with Crippen LogP contribution in [0.25, 0.3) is 0 Å². The molecule has 134 valence electrons. The summed E-state index contributed by atoms with van der Waals surface area (Å²) < 4.78 is 6.29. The molecule has 0 saturated carbocycles. The van der Waals surface area contributed by atoms with Crippen LogP contribution in [0.4, 0.5) is 0 Å². The Morgan fingerprint density at radius 3 is 2.62 bits per heavy atom. The number of likely N-dealkylation sites (tertiary alicyclic amines) is 2. The number of amidine groups is 1. The number of ether oxygens (including phenoxy) is 1. The Balaban J connectivity index is 1.39. The molecule has 2 saturated heterocycles. The summed E-state index contributed by atoms with van der Waals surface area (Å²) in [5.41, 5.74) is 1.36. The van der Waals surface area contributed by atoms with Crippen LogP contribution < -0.4 is 5.32 Å². The Labute approximate surface area is 146 Å². The van der Waals surface area contributed by atoms with Crippen molar-refractivity contribution < 1.29 is 4.74 Å². The first-order chi connectivity index (χ1) is 11.7. The van der Waals surface area contributed by atoms with Crippen LogP contribution in [0.5, 0.6) is 0 Å². The highest BCUT2D eigenvalue weighted by Crippen LogP contribution is 2.27. The number of fused-ring (bicyclic) bond motifs is 2. The summed E-state index contributed by atoms with van der Waals surface area (Å²) in [6.07, 6.45) is 9.31. The van der Waals surface area contributed by atoms with Crippen molar-refractivity contribution in [3.63, 3.8) is 0 Å². The number of hydrogen-bond acceptors (Lipinski definition) is 5. The number of hydrogen-bond donors (Lipinski definition) is 1. The van der Waals surface area contributed by atoms with Gasteiger partial charge < -0.3 is 14.5 Å². The zero-order valence-corrected chi connectivity index (χ0v) is 15.2. The zero-order valence-electron chi connectivity index (χ0n) is 15.2. The first-order valence-corrected chi connectivity index (χ1v) is 9.85. The molecule has 0 amide bonds. The quantitative estimate of drug-likeness (QED) is 0.748. The Morgan fingerprint density at radius 1 is 1.12 bits per heavy atom. The molecule has 3 unspecified atom stereocenters.